The van der Waals surface area contributed by atoms with Gasteiger partial charge in [-0.3, -0.25) is 0 Å². The molecule has 0 saturated carbocycles. The van der Waals surface area contributed by atoms with Crippen LogP contribution in [0.1, 0.15) is 17.2 Å². The van der Waals surface area contributed by atoms with Gasteiger partial charge in [-0.1, -0.05) is 103 Å². The second-order valence-corrected chi connectivity index (χ2v) is 10.5. The van der Waals surface area contributed by atoms with E-state index in [1.807, 2.05) is 32.0 Å². The molecule has 4 heteroatoms. The summed E-state index contributed by atoms with van der Waals surface area (Å²) in [5, 5.41) is 13.8. The molecular weight excluding hydrogens is 512 g/mol. The predicted octanol–water partition coefficient (Wildman–Crippen LogP) is 9.33. The van der Waals surface area contributed by atoms with Crippen LogP contribution in [0.25, 0.3) is 66.3 Å². The molecule has 4 nitrogen and oxygen atoms in total. The molecule has 0 unspecified atom stereocenters. The topological polar surface area (TPSA) is 62.5 Å². The molecule has 0 fully saturated rings. The van der Waals surface area contributed by atoms with Crippen LogP contribution in [0.5, 0.6) is 0 Å². The molecule has 0 radical (unpaired) electrons. The number of aromatic nitrogens is 3. The Kier molecular flexibility index (Phi) is 6.26. The SMILES string of the molecule is Cc1nc(C)nc(-c2ccc(-c3ccc(-c4ccc(-c5ccc6cc(C#N)ccc6c5)cc4)c4ccccc34)cc2)n1. The molecular formula is C38H26N4. The van der Waals surface area contributed by atoms with E-state index in [2.05, 4.69) is 124 Å². The van der Waals surface area contributed by atoms with Crippen molar-refractivity contribution in [3.63, 3.8) is 0 Å². The number of aryl methyl sites for hydroxylation is 2. The Bertz CT molecular complexity index is 2130. The molecule has 0 atom stereocenters. The largest absolute Gasteiger partial charge is 0.219 e. The Morgan fingerprint density at radius 3 is 1.57 bits per heavy atom. The molecule has 1 heterocycles. The first kappa shape index (κ1) is 25.3. The molecule has 0 bridgehead atoms. The van der Waals surface area contributed by atoms with Crippen molar-refractivity contribution in [2.24, 2.45) is 0 Å². The van der Waals surface area contributed by atoms with E-state index in [1.54, 1.807) is 0 Å². The standard InChI is InChI=1S/C38H26N4/c1-24-40-25(2)42-38(41-24)30-15-13-29(14-16-30)35-20-19-34(36-5-3-4-6-37(35)36)28-11-9-27(10-12-28)32-18-17-31-21-26(23-39)7-8-33(31)22-32/h3-22H,1-2H3. The van der Waals surface area contributed by atoms with Crippen LogP contribution < -0.4 is 0 Å². The maximum Gasteiger partial charge on any atom is 0.163 e. The van der Waals surface area contributed by atoms with Crippen LogP contribution in [0.4, 0.5) is 0 Å². The van der Waals surface area contributed by atoms with Gasteiger partial charge in [0.2, 0.25) is 0 Å². The van der Waals surface area contributed by atoms with Crippen LogP contribution in [-0.2, 0) is 0 Å². The fourth-order valence-electron chi connectivity index (χ4n) is 5.68. The molecule has 0 N–H and O–H groups in total. The third-order valence-electron chi connectivity index (χ3n) is 7.74. The van der Waals surface area contributed by atoms with Crippen molar-refractivity contribution in [1.82, 2.24) is 15.0 Å². The molecule has 0 amide bonds. The minimum absolute atomic E-state index is 0.680. The Morgan fingerprint density at radius 1 is 0.476 bits per heavy atom. The first-order chi connectivity index (χ1) is 20.6. The van der Waals surface area contributed by atoms with E-state index in [1.165, 1.54) is 27.5 Å². The van der Waals surface area contributed by atoms with E-state index in [-0.39, 0.29) is 0 Å². The molecule has 0 saturated heterocycles. The van der Waals surface area contributed by atoms with Gasteiger partial charge in [0.15, 0.2) is 5.82 Å². The molecule has 42 heavy (non-hydrogen) atoms. The van der Waals surface area contributed by atoms with Gasteiger partial charge >= 0.3 is 0 Å². The average molecular weight is 539 g/mol. The molecule has 1 aromatic heterocycles. The number of rotatable bonds is 4. The summed E-state index contributed by atoms with van der Waals surface area (Å²) in [7, 11) is 0. The van der Waals surface area contributed by atoms with Gasteiger partial charge in [0.1, 0.15) is 11.6 Å². The summed E-state index contributed by atoms with van der Waals surface area (Å²) in [6.45, 7) is 3.79. The summed E-state index contributed by atoms with van der Waals surface area (Å²) < 4.78 is 0. The Morgan fingerprint density at radius 2 is 0.976 bits per heavy atom. The highest BCUT2D eigenvalue weighted by Crippen LogP contribution is 2.37. The lowest BCUT2D eigenvalue weighted by atomic mass is 9.91. The van der Waals surface area contributed by atoms with Crippen molar-refractivity contribution >= 4 is 21.5 Å². The van der Waals surface area contributed by atoms with Crippen molar-refractivity contribution in [2.75, 3.05) is 0 Å². The zero-order chi connectivity index (χ0) is 28.6. The molecule has 6 aromatic carbocycles. The summed E-state index contributed by atoms with van der Waals surface area (Å²) in [4.78, 5) is 13.3. The van der Waals surface area contributed by atoms with Crippen molar-refractivity contribution in [1.29, 1.82) is 5.26 Å². The van der Waals surface area contributed by atoms with Crippen molar-refractivity contribution in [3.8, 4) is 50.8 Å². The fraction of sp³-hybridized carbons (Fsp3) is 0.0526. The van der Waals surface area contributed by atoms with Gasteiger partial charge < -0.3 is 0 Å². The highest BCUT2D eigenvalue weighted by atomic mass is 15.0. The predicted molar refractivity (Wildman–Crippen MR) is 171 cm³/mol. The molecule has 198 valence electrons. The second kappa shape index (κ2) is 10.4. The van der Waals surface area contributed by atoms with Crippen LogP contribution >= 0.6 is 0 Å². The summed E-state index contributed by atoms with van der Waals surface area (Å²) in [5.41, 5.74) is 8.70. The van der Waals surface area contributed by atoms with Crippen LogP contribution in [-0.4, -0.2) is 15.0 Å². The third-order valence-corrected chi connectivity index (χ3v) is 7.74. The van der Waals surface area contributed by atoms with Gasteiger partial charge in [-0.2, -0.15) is 5.26 Å². The lowest BCUT2D eigenvalue weighted by molar-refractivity contribution is 0.928. The average Bonchev–Trinajstić information content (AvgIpc) is 3.03. The number of hydrogen-bond acceptors (Lipinski definition) is 4. The minimum atomic E-state index is 0.680. The van der Waals surface area contributed by atoms with Crippen molar-refractivity contribution in [3.05, 3.63) is 139 Å². The summed E-state index contributed by atoms with van der Waals surface area (Å²) in [5.74, 6) is 2.15. The number of hydrogen-bond donors (Lipinski definition) is 0. The number of nitriles is 1. The Hall–Kier alpha value is -5.66. The summed E-state index contributed by atoms with van der Waals surface area (Å²) in [6, 6.07) is 44.7. The Labute approximate surface area is 244 Å². The minimum Gasteiger partial charge on any atom is -0.219 e. The van der Waals surface area contributed by atoms with Gasteiger partial charge in [-0.25, -0.2) is 15.0 Å². The summed E-state index contributed by atoms with van der Waals surface area (Å²) >= 11 is 0. The maximum atomic E-state index is 9.20. The van der Waals surface area contributed by atoms with E-state index < -0.39 is 0 Å². The number of benzene rings is 6. The van der Waals surface area contributed by atoms with E-state index in [9.17, 15) is 5.26 Å². The van der Waals surface area contributed by atoms with Crippen LogP contribution in [0.3, 0.4) is 0 Å². The normalized spacial score (nSPS) is 11.1. The quantitative estimate of drug-likeness (QED) is 0.224. The molecule has 7 aromatic rings. The zero-order valence-corrected chi connectivity index (χ0v) is 23.3. The Balaban J connectivity index is 1.22. The van der Waals surface area contributed by atoms with E-state index in [0.717, 1.165) is 44.7 Å². The molecule has 0 aliphatic rings. The van der Waals surface area contributed by atoms with Gasteiger partial charge in [0.05, 0.1) is 11.6 Å². The van der Waals surface area contributed by atoms with E-state index in [0.29, 0.717) is 11.4 Å². The van der Waals surface area contributed by atoms with Crippen LogP contribution in [0.2, 0.25) is 0 Å². The fourth-order valence-corrected chi connectivity index (χ4v) is 5.68. The lowest BCUT2D eigenvalue weighted by Crippen LogP contribution is -1.98. The van der Waals surface area contributed by atoms with Gasteiger partial charge in [0, 0.05) is 5.56 Å². The highest BCUT2D eigenvalue weighted by molar-refractivity contribution is 6.05. The van der Waals surface area contributed by atoms with Crippen LogP contribution in [0, 0.1) is 25.2 Å². The molecule has 0 aliphatic heterocycles. The summed E-state index contributed by atoms with van der Waals surface area (Å²) in [6.07, 6.45) is 0. The molecule has 7 rings (SSSR count). The molecule has 0 aliphatic carbocycles. The van der Waals surface area contributed by atoms with E-state index in [4.69, 9.17) is 0 Å². The maximum absolute atomic E-state index is 9.20. The van der Waals surface area contributed by atoms with Crippen molar-refractivity contribution in [2.45, 2.75) is 13.8 Å². The first-order valence-electron chi connectivity index (χ1n) is 13.9. The smallest absolute Gasteiger partial charge is 0.163 e. The monoisotopic (exact) mass is 538 g/mol. The van der Waals surface area contributed by atoms with Gasteiger partial charge in [-0.15, -0.1) is 0 Å². The lowest BCUT2D eigenvalue weighted by Gasteiger charge is -2.13. The number of fused-ring (bicyclic) bond motifs is 2. The molecule has 0 spiro atoms. The highest BCUT2D eigenvalue weighted by Gasteiger charge is 2.11. The van der Waals surface area contributed by atoms with E-state index >= 15 is 0 Å². The number of nitrogens with zero attached hydrogens (tertiary/aromatic N) is 4. The van der Waals surface area contributed by atoms with Crippen LogP contribution in [0.15, 0.2) is 121 Å². The zero-order valence-electron chi connectivity index (χ0n) is 23.3. The first-order valence-corrected chi connectivity index (χ1v) is 13.9. The second-order valence-electron chi connectivity index (χ2n) is 10.5. The van der Waals surface area contributed by atoms with Gasteiger partial charge in [-0.05, 0) is 87.0 Å². The third kappa shape index (κ3) is 4.68. The van der Waals surface area contributed by atoms with Crippen molar-refractivity contribution < 1.29 is 0 Å². The van der Waals surface area contributed by atoms with Gasteiger partial charge in [0.25, 0.3) is 0 Å².